The number of carbonyl (C=O) groups is 1. The monoisotopic (exact) mass is 219 g/mol. The van der Waals surface area contributed by atoms with Crippen LogP contribution in [0.5, 0.6) is 0 Å². The molecule has 0 aromatic carbocycles. The Morgan fingerprint density at radius 2 is 2.06 bits per heavy atom. The molecule has 0 saturated heterocycles. The fourth-order valence-corrected chi connectivity index (χ4v) is 1.54. The van der Waals surface area contributed by atoms with Gasteiger partial charge >= 0.3 is 0 Å². The van der Waals surface area contributed by atoms with Gasteiger partial charge in [-0.1, -0.05) is 12.1 Å². The summed E-state index contributed by atoms with van der Waals surface area (Å²) in [5, 5.41) is 11.7. The lowest BCUT2D eigenvalue weighted by Gasteiger charge is -1.99. The van der Waals surface area contributed by atoms with E-state index in [0.29, 0.717) is 11.4 Å². The van der Waals surface area contributed by atoms with Gasteiger partial charge in [0.25, 0.3) is 0 Å². The van der Waals surface area contributed by atoms with Crippen LogP contribution < -0.4 is 0 Å². The number of carbonyl (C=O) groups excluding carboxylic acids is 1. The molecule has 0 bridgehead atoms. The van der Waals surface area contributed by atoms with Crippen LogP contribution in [-0.4, -0.2) is 30.6 Å². The molecule has 0 unspecified atom stereocenters. The highest BCUT2D eigenvalue weighted by atomic mass is 16.1. The summed E-state index contributed by atoms with van der Waals surface area (Å²) in [6, 6.07) is 1.80. The average molecular weight is 219 g/mol. The summed E-state index contributed by atoms with van der Waals surface area (Å²) in [5.41, 5.74) is 1.92. The first-order chi connectivity index (χ1) is 7.63. The second-order valence-electron chi connectivity index (χ2n) is 3.57. The fraction of sp³-hybridized carbons (Fsp3) is 0.400. The van der Waals surface area contributed by atoms with Gasteiger partial charge in [-0.15, -0.1) is 5.10 Å². The summed E-state index contributed by atoms with van der Waals surface area (Å²) in [7, 11) is 3.45. The lowest BCUT2D eigenvalue weighted by Crippen LogP contribution is -2.12. The van der Waals surface area contributed by atoms with Gasteiger partial charge in [-0.3, -0.25) is 9.48 Å². The number of hydrogen-bond donors (Lipinski definition) is 0. The second-order valence-corrected chi connectivity index (χ2v) is 3.57. The SMILES string of the molecule is CCc1cc(C(=O)c2cnnn2C)n(C)n1. The first-order valence-corrected chi connectivity index (χ1v) is 5.05. The first-order valence-electron chi connectivity index (χ1n) is 5.05. The Morgan fingerprint density at radius 3 is 2.56 bits per heavy atom. The molecular formula is C10H13N5O. The van der Waals surface area contributed by atoms with Gasteiger partial charge in [0.1, 0.15) is 11.4 Å². The van der Waals surface area contributed by atoms with E-state index in [1.165, 1.54) is 10.9 Å². The van der Waals surface area contributed by atoms with Gasteiger partial charge in [-0.2, -0.15) is 5.10 Å². The van der Waals surface area contributed by atoms with Crippen molar-refractivity contribution in [1.82, 2.24) is 24.8 Å². The Kier molecular flexibility index (Phi) is 2.55. The summed E-state index contributed by atoms with van der Waals surface area (Å²) in [5.74, 6) is -0.109. The van der Waals surface area contributed by atoms with Crippen molar-refractivity contribution >= 4 is 5.78 Å². The highest BCUT2D eigenvalue weighted by Gasteiger charge is 2.18. The summed E-state index contributed by atoms with van der Waals surface area (Å²) in [6.07, 6.45) is 2.27. The first kappa shape index (κ1) is 10.5. The third-order valence-electron chi connectivity index (χ3n) is 2.47. The molecule has 0 atom stereocenters. The summed E-state index contributed by atoms with van der Waals surface area (Å²) in [6.45, 7) is 2.00. The Balaban J connectivity index is 2.41. The molecule has 0 saturated carbocycles. The van der Waals surface area contributed by atoms with E-state index in [-0.39, 0.29) is 5.78 Å². The summed E-state index contributed by atoms with van der Waals surface area (Å²) >= 11 is 0. The highest BCUT2D eigenvalue weighted by Crippen LogP contribution is 2.09. The molecule has 0 spiro atoms. The van der Waals surface area contributed by atoms with E-state index in [2.05, 4.69) is 15.4 Å². The molecule has 2 rings (SSSR count). The molecule has 6 heteroatoms. The summed E-state index contributed by atoms with van der Waals surface area (Å²) < 4.78 is 3.05. The van der Waals surface area contributed by atoms with Gasteiger partial charge < -0.3 is 0 Å². The van der Waals surface area contributed by atoms with Crippen molar-refractivity contribution in [3.8, 4) is 0 Å². The maximum atomic E-state index is 12.1. The van der Waals surface area contributed by atoms with Gasteiger partial charge in [-0.05, 0) is 12.5 Å². The van der Waals surface area contributed by atoms with Crippen LogP contribution in [0.4, 0.5) is 0 Å². The Hall–Kier alpha value is -1.98. The van der Waals surface area contributed by atoms with Crippen LogP contribution in [0.15, 0.2) is 12.3 Å². The van der Waals surface area contributed by atoms with E-state index >= 15 is 0 Å². The van der Waals surface area contributed by atoms with E-state index in [0.717, 1.165) is 12.1 Å². The van der Waals surface area contributed by atoms with Crippen LogP contribution in [0, 0.1) is 0 Å². The predicted molar refractivity (Wildman–Crippen MR) is 57.0 cm³/mol. The third kappa shape index (κ3) is 1.62. The van der Waals surface area contributed by atoms with Gasteiger partial charge in [0.05, 0.1) is 11.9 Å². The van der Waals surface area contributed by atoms with E-state index in [4.69, 9.17) is 0 Å². The van der Waals surface area contributed by atoms with Crippen LogP contribution in [0.25, 0.3) is 0 Å². The molecule has 16 heavy (non-hydrogen) atoms. The van der Waals surface area contributed by atoms with Gasteiger partial charge in [0.2, 0.25) is 5.78 Å². The average Bonchev–Trinajstić information content (AvgIpc) is 2.83. The highest BCUT2D eigenvalue weighted by molar-refractivity contribution is 6.06. The molecule has 0 amide bonds. The Morgan fingerprint density at radius 1 is 1.31 bits per heavy atom. The van der Waals surface area contributed by atoms with Crippen molar-refractivity contribution in [2.45, 2.75) is 13.3 Å². The second kappa shape index (κ2) is 3.88. The number of aromatic nitrogens is 5. The summed E-state index contributed by atoms with van der Waals surface area (Å²) in [4.78, 5) is 12.1. The van der Waals surface area contributed by atoms with Crippen molar-refractivity contribution in [2.75, 3.05) is 0 Å². The molecule has 0 N–H and O–H groups in total. The molecule has 0 aliphatic rings. The molecule has 0 aliphatic carbocycles. The molecule has 2 heterocycles. The minimum atomic E-state index is -0.109. The van der Waals surface area contributed by atoms with Crippen molar-refractivity contribution in [3.05, 3.63) is 29.3 Å². The van der Waals surface area contributed by atoms with E-state index in [9.17, 15) is 4.79 Å². The minimum Gasteiger partial charge on any atom is -0.285 e. The van der Waals surface area contributed by atoms with Crippen LogP contribution >= 0.6 is 0 Å². The van der Waals surface area contributed by atoms with Gasteiger partial charge in [-0.25, -0.2) is 4.68 Å². The Labute approximate surface area is 92.9 Å². The standard InChI is InChI=1S/C10H13N5O/c1-4-7-5-8(14(2)12-7)10(16)9-6-11-13-15(9)3/h5-6H,4H2,1-3H3. The van der Waals surface area contributed by atoms with Crippen LogP contribution in [0.1, 0.15) is 28.8 Å². The molecule has 6 nitrogen and oxygen atoms in total. The van der Waals surface area contributed by atoms with E-state index in [1.54, 1.807) is 24.8 Å². The van der Waals surface area contributed by atoms with Crippen LogP contribution in [-0.2, 0) is 20.5 Å². The molecule has 0 aliphatic heterocycles. The normalized spacial score (nSPS) is 10.7. The predicted octanol–water partition coefficient (Wildman–Crippen LogP) is 0.342. The number of aryl methyl sites for hydroxylation is 3. The van der Waals surface area contributed by atoms with Crippen molar-refractivity contribution < 1.29 is 4.79 Å². The van der Waals surface area contributed by atoms with Crippen LogP contribution in [0.3, 0.4) is 0 Å². The zero-order valence-corrected chi connectivity index (χ0v) is 9.51. The number of ketones is 1. The van der Waals surface area contributed by atoms with Gasteiger partial charge in [0.15, 0.2) is 0 Å². The van der Waals surface area contributed by atoms with Crippen LogP contribution in [0.2, 0.25) is 0 Å². The molecular weight excluding hydrogens is 206 g/mol. The smallest absolute Gasteiger partial charge is 0.230 e. The minimum absolute atomic E-state index is 0.109. The zero-order valence-electron chi connectivity index (χ0n) is 9.51. The lowest BCUT2D eigenvalue weighted by molar-refractivity contribution is 0.102. The van der Waals surface area contributed by atoms with Gasteiger partial charge in [0, 0.05) is 14.1 Å². The lowest BCUT2D eigenvalue weighted by atomic mass is 10.2. The van der Waals surface area contributed by atoms with E-state index in [1.807, 2.05) is 6.92 Å². The van der Waals surface area contributed by atoms with Crippen molar-refractivity contribution in [1.29, 1.82) is 0 Å². The number of rotatable bonds is 3. The number of nitrogens with zero attached hydrogens (tertiary/aromatic N) is 5. The fourth-order valence-electron chi connectivity index (χ4n) is 1.54. The molecule has 0 radical (unpaired) electrons. The zero-order chi connectivity index (χ0) is 11.7. The topological polar surface area (TPSA) is 65.6 Å². The molecule has 84 valence electrons. The molecule has 2 aromatic rings. The quantitative estimate of drug-likeness (QED) is 0.698. The molecule has 2 aromatic heterocycles. The maximum Gasteiger partial charge on any atom is 0.230 e. The van der Waals surface area contributed by atoms with Crippen molar-refractivity contribution in [3.63, 3.8) is 0 Å². The van der Waals surface area contributed by atoms with E-state index < -0.39 is 0 Å². The Bertz CT molecular complexity index is 525. The number of hydrogen-bond acceptors (Lipinski definition) is 4. The largest absolute Gasteiger partial charge is 0.285 e. The maximum absolute atomic E-state index is 12.1. The third-order valence-corrected chi connectivity index (χ3v) is 2.47. The van der Waals surface area contributed by atoms with Crippen molar-refractivity contribution in [2.24, 2.45) is 14.1 Å². The molecule has 0 fully saturated rings.